The van der Waals surface area contributed by atoms with Gasteiger partial charge in [-0.25, -0.2) is 0 Å². The van der Waals surface area contributed by atoms with Gasteiger partial charge in [0.15, 0.2) is 0 Å². The van der Waals surface area contributed by atoms with Crippen LogP contribution in [-0.2, 0) is 35.1 Å². The van der Waals surface area contributed by atoms with E-state index in [2.05, 4.69) is 15.8 Å². The third-order valence-corrected chi connectivity index (χ3v) is 6.68. The Morgan fingerprint density at radius 3 is 2.23 bits per heavy atom. The van der Waals surface area contributed by atoms with Crippen LogP contribution in [0.15, 0.2) is 18.2 Å². The second-order valence-corrected chi connectivity index (χ2v) is 9.32. The number of aromatic nitrogens is 1. The van der Waals surface area contributed by atoms with Crippen molar-refractivity contribution in [1.29, 1.82) is 0 Å². The summed E-state index contributed by atoms with van der Waals surface area (Å²) >= 11 is 0. The third-order valence-electron chi connectivity index (χ3n) is 6.68. The molecule has 0 aliphatic carbocycles. The zero-order chi connectivity index (χ0) is 27.6. The summed E-state index contributed by atoms with van der Waals surface area (Å²) < 4.78 is 22.3. The molecular formula is C28H38N4O7. The highest BCUT2D eigenvalue weighted by Crippen LogP contribution is 2.35. The molecule has 0 radical (unpaired) electrons. The van der Waals surface area contributed by atoms with Crippen molar-refractivity contribution in [3.05, 3.63) is 51.8 Å². The molecular weight excluding hydrogens is 504 g/mol. The van der Waals surface area contributed by atoms with Crippen LogP contribution >= 0.6 is 0 Å². The molecule has 3 N–H and O–H groups in total. The Balaban J connectivity index is 1.54. The number of hydrogen-bond acceptors (Lipinski definition) is 8. The van der Waals surface area contributed by atoms with E-state index in [-0.39, 0.29) is 11.8 Å². The van der Waals surface area contributed by atoms with Crippen LogP contribution in [0.4, 0.5) is 5.69 Å². The number of rotatable bonds is 5. The molecule has 0 spiro atoms. The molecule has 1 aromatic heterocycles. The van der Waals surface area contributed by atoms with E-state index in [4.69, 9.17) is 23.8 Å². The number of carbonyl (C=O) groups excluding carboxylic acids is 2. The molecule has 3 heterocycles. The molecule has 1 fully saturated rings. The van der Waals surface area contributed by atoms with Gasteiger partial charge in [0.1, 0.15) is 0 Å². The number of carbonyl (C=O) groups is 2. The molecule has 0 unspecified atom stereocenters. The van der Waals surface area contributed by atoms with Gasteiger partial charge in [0.05, 0.1) is 71.1 Å². The second-order valence-electron chi connectivity index (χ2n) is 9.32. The number of nitrogens with one attached hydrogen (secondary N) is 3. The molecule has 1 saturated heterocycles. The number of nitrogens with zero attached hydrogens (tertiary/aromatic N) is 1. The molecule has 2 aromatic rings. The fraction of sp³-hybridized carbons (Fsp3) is 0.500. The quantitative estimate of drug-likeness (QED) is 0.389. The zero-order valence-electron chi connectivity index (χ0n) is 22.9. The lowest BCUT2D eigenvalue weighted by Crippen LogP contribution is -2.37. The van der Waals surface area contributed by atoms with E-state index in [0.717, 1.165) is 33.8 Å². The Morgan fingerprint density at radius 1 is 1.00 bits per heavy atom. The van der Waals surface area contributed by atoms with Crippen molar-refractivity contribution >= 4 is 29.2 Å². The van der Waals surface area contributed by atoms with E-state index >= 15 is 0 Å². The molecule has 2 aliphatic heterocycles. The van der Waals surface area contributed by atoms with Crippen LogP contribution in [0, 0.1) is 13.8 Å². The molecule has 4 rings (SSSR count). The maximum atomic E-state index is 13.7. The third kappa shape index (κ3) is 7.53. The molecule has 0 bridgehead atoms. The first-order valence-electron chi connectivity index (χ1n) is 13.2. The first kappa shape index (κ1) is 28.9. The molecule has 11 nitrogen and oxygen atoms in total. The molecule has 0 saturated carbocycles. The SMILES string of the molecule is CONCc1ccc2c(c1)/C(=C/c1[nH]c(C)c(C(=O)N3CCOCCOCCOCCOCC3)c1C)C(=O)N2. The van der Waals surface area contributed by atoms with Crippen LogP contribution in [0.25, 0.3) is 11.6 Å². The zero-order valence-corrected chi connectivity index (χ0v) is 22.9. The number of anilines is 1. The summed E-state index contributed by atoms with van der Waals surface area (Å²) in [7, 11) is 1.56. The summed E-state index contributed by atoms with van der Waals surface area (Å²) in [6.45, 7) is 8.77. The van der Waals surface area contributed by atoms with Crippen molar-refractivity contribution in [2.75, 3.05) is 78.4 Å². The monoisotopic (exact) mass is 542 g/mol. The summed E-state index contributed by atoms with van der Waals surface area (Å²) in [5.41, 5.74) is 8.72. The van der Waals surface area contributed by atoms with Gasteiger partial charge in [-0.15, -0.1) is 0 Å². The smallest absolute Gasteiger partial charge is 0.256 e. The lowest BCUT2D eigenvalue weighted by molar-refractivity contribution is -0.110. The van der Waals surface area contributed by atoms with Crippen molar-refractivity contribution in [1.82, 2.24) is 15.4 Å². The summed E-state index contributed by atoms with van der Waals surface area (Å²) in [5, 5.41) is 2.92. The highest BCUT2D eigenvalue weighted by atomic mass is 16.6. The van der Waals surface area contributed by atoms with Crippen molar-refractivity contribution in [2.45, 2.75) is 20.4 Å². The highest BCUT2D eigenvalue weighted by Gasteiger charge is 2.27. The lowest BCUT2D eigenvalue weighted by Gasteiger charge is -2.23. The number of fused-ring (bicyclic) bond motifs is 1. The van der Waals surface area contributed by atoms with Gasteiger partial charge in [0, 0.05) is 42.3 Å². The van der Waals surface area contributed by atoms with Crippen LogP contribution in [0.1, 0.15) is 38.4 Å². The average molecular weight is 543 g/mol. The summed E-state index contributed by atoms with van der Waals surface area (Å²) in [6, 6.07) is 5.78. The lowest BCUT2D eigenvalue weighted by atomic mass is 10.0. The van der Waals surface area contributed by atoms with E-state index in [1.165, 1.54) is 0 Å². The van der Waals surface area contributed by atoms with Crippen molar-refractivity contribution in [3.8, 4) is 0 Å². The number of H-pyrrole nitrogens is 1. The summed E-state index contributed by atoms with van der Waals surface area (Å²) in [4.78, 5) is 36.6. The number of hydroxylamine groups is 1. The van der Waals surface area contributed by atoms with Crippen molar-refractivity contribution in [3.63, 3.8) is 0 Å². The highest BCUT2D eigenvalue weighted by molar-refractivity contribution is 6.35. The minimum atomic E-state index is -0.186. The number of ether oxygens (including phenoxy) is 4. The van der Waals surface area contributed by atoms with Crippen molar-refractivity contribution in [2.24, 2.45) is 0 Å². The molecule has 212 valence electrons. The Labute approximate surface area is 228 Å². The predicted molar refractivity (Wildman–Crippen MR) is 146 cm³/mol. The number of hydrogen-bond donors (Lipinski definition) is 3. The minimum Gasteiger partial charge on any atom is -0.377 e. The van der Waals surface area contributed by atoms with Gasteiger partial charge in [-0.2, -0.15) is 5.48 Å². The van der Waals surface area contributed by atoms with Crippen LogP contribution in [0.3, 0.4) is 0 Å². The largest absolute Gasteiger partial charge is 0.377 e. The summed E-state index contributed by atoms with van der Waals surface area (Å²) in [5.74, 6) is -0.298. The van der Waals surface area contributed by atoms with E-state index < -0.39 is 0 Å². The van der Waals surface area contributed by atoms with Crippen LogP contribution < -0.4 is 10.8 Å². The van der Waals surface area contributed by atoms with Crippen molar-refractivity contribution < 1.29 is 33.4 Å². The normalized spacial score (nSPS) is 18.9. The van der Waals surface area contributed by atoms with E-state index in [1.807, 2.05) is 38.1 Å². The van der Waals surface area contributed by atoms with Gasteiger partial charge in [-0.3, -0.25) is 9.59 Å². The van der Waals surface area contributed by atoms with E-state index in [9.17, 15) is 9.59 Å². The summed E-state index contributed by atoms with van der Waals surface area (Å²) in [6.07, 6.45) is 1.81. The van der Waals surface area contributed by atoms with Gasteiger partial charge in [0.25, 0.3) is 11.8 Å². The Kier molecular flexibility index (Phi) is 10.7. The number of benzene rings is 1. The van der Waals surface area contributed by atoms with Gasteiger partial charge in [-0.1, -0.05) is 6.07 Å². The maximum Gasteiger partial charge on any atom is 0.256 e. The molecule has 0 atom stereocenters. The van der Waals surface area contributed by atoms with Gasteiger partial charge in [-0.05, 0) is 43.2 Å². The first-order valence-corrected chi connectivity index (χ1v) is 13.2. The molecule has 39 heavy (non-hydrogen) atoms. The maximum absolute atomic E-state index is 13.7. The van der Waals surface area contributed by atoms with Gasteiger partial charge in [0.2, 0.25) is 0 Å². The molecule has 2 aliphatic rings. The number of aromatic amines is 1. The number of amides is 2. The van der Waals surface area contributed by atoms with E-state index in [0.29, 0.717) is 83.6 Å². The number of aryl methyl sites for hydroxylation is 1. The molecule has 2 amide bonds. The van der Waals surface area contributed by atoms with Crippen LogP contribution in [0.5, 0.6) is 0 Å². The van der Waals surface area contributed by atoms with Crippen LogP contribution in [0.2, 0.25) is 0 Å². The van der Waals surface area contributed by atoms with E-state index in [1.54, 1.807) is 12.0 Å². The topological polar surface area (TPSA) is 123 Å². The Bertz CT molecular complexity index is 1160. The van der Waals surface area contributed by atoms with Gasteiger partial charge < -0.3 is 39.0 Å². The predicted octanol–water partition coefficient (Wildman–Crippen LogP) is 2.30. The molecule has 11 heteroatoms. The second kappa shape index (κ2) is 14.4. The molecule has 1 aromatic carbocycles. The fourth-order valence-electron chi connectivity index (χ4n) is 4.61. The Morgan fingerprint density at radius 2 is 1.62 bits per heavy atom. The first-order chi connectivity index (χ1) is 19.0. The fourth-order valence-corrected chi connectivity index (χ4v) is 4.61. The van der Waals surface area contributed by atoms with Gasteiger partial charge >= 0.3 is 0 Å². The standard InChI is InChI=1S/C28H38N4O7/c1-19-25(17-23-22-16-21(18-29-35-3)4-5-24(22)31-27(23)33)30-20(2)26(19)28(34)32-6-8-36-10-12-38-14-15-39-13-11-37-9-7-32/h4-5,16-17,29-30H,6-15,18H2,1-3H3,(H,31,33)/b23-17-. The van der Waals surface area contributed by atoms with Crippen LogP contribution in [-0.4, -0.2) is 94.8 Å². The minimum absolute atomic E-state index is 0.112. The average Bonchev–Trinajstić information content (AvgIpc) is 3.38. The Hall–Kier alpha value is -3.06.